The minimum atomic E-state index is -0.219. The number of hydrogen-bond acceptors (Lipinski definition) is 7. The molecule has 0 saturated carbocycles. The fraction of sp³-hybridized carbons (Fsp3) is 0.320. The minimum Gasteiger partial charge on any atom is -0.497 e. The average molecular weight is 466 g/mol. The van der Waals surface area contributed by atoms with Crippen molar-refractivity contribution in [3.05, 3.63) is 65.0 Å². The van der Waals surface area contributed by atoms with E-state index in [1.807, 2.05) is 30.3 Å². The second-order valence-electron chi connectivity index (χ2n) is 7.75. The van der Waals surface area contributed by atoms with Crippen LogP contribution < -0.4 is 10.1 Å². The molecule has 1 fully saturated rings. The van der Waals surface area contributed by atoms with Crippen LogP contribution in [0.15, 0.2) is 54.6 Å². The maximum absolute atomic E-state index is 12.6. The zero-order valence-electron chi connectivity index (χ0n) is 18.6. The molecule has 172 valence electrons. The van der Waals surface area contributed by atoms with Crippen LogP contribution in [0, 0.1) is 0 Å². The Morgan fingerprint density at radius 3 is 2.48 bits per heavy atom. The van der Waals surface area contributed by atoms with Gasteiger partial charge in [-0.1, -0.05) is 41.7 Å². The first-order chi connectivity index (χ1) is 16.1. The number of anilines is 1. The van der Waals surface area contributed by atoms with Crippen LogP contribution in [0.1, 0.15) is 28.1 Å². The summed E-state index contributed by atoms with van der Waals surface area (Å²) in [6.45, 7) is 3.97. The number of methoxy groups -OCH3 is 1. The van der Waals surface area contributed by atoms with E-state index < -0.39 is 0 Å². The van der Waals surface area contributed by atoms with E-state index in [4.69, 9.17) is 14.5 Å². The molecule has 1 saturated heterocycles. The molecule has 0 spiro atoms. The molecule has 0 aliphatic carbocycles. The summed E-state index contributed by atoms with van der Waals surface area (Å²) in [5, 5.41) is 3.44. The van der Waals surface area contributed by atoms with Gasteiger partial charge >= 0.3 is 0 Å². The zero-order chi connectivity index (χ0) is 23.0. The van der Waals surface area contributed by atoms with Gasteiger partial charge in [-0.15, -0.1) is 0 Å². The Hall–Kier alpha value is -3.07. The van der Waals surface area contributed by atoms with Crippen molar-refractivity contribution < 1.29 is 19.1 Å². The van der Waals surface area contributed by atoms with Crippen molar-refractivity contribution >= 4 is 28.2 Å². The van der Waals surface area contributed by atoms with Crippen LogP contribution in [-0.2, 0) is 16.1 Å². The normalized spacial score (nSPS) is 14.1. The molecular formula is C25H27N3O4S. The minimum absolute atomic E-state index is 0.0788. The van der Waals surface area contributed by atoms with Crippen LogP contribution in [0.3, 0.4) is 0 Å². The Bertz CT molecular complexity index is 1080. The van der Waals surface area contributed by atoms with Gasteiger partial charge in [-0.25, -0.2) is 4.98 Å². The molecule has 7 nitrogen and oxygen atoms in total. The largest absolute Gasteiger partial charge is 0.497 e. The van der Waals surface area contributed by atoms with Crippen LogP contribution in [0.5, 0.6) is 5.75 Å². The molecule has 0 bridgehead atoms. The Kier molecular flexibility index (Phi) is 7.83. The molecule has 0 atom stereocenters. The number of carbonyl (C=O) groups is 2. The lowest BCUT2D eigenvalue weighted by Crippen LogP contribution is -2.35. The van der Waals surface area contributed by atoms with Gasteiger partial charge in [0, 0.05) is 48.5 Å². The van der Waals surface area contributed by atoms with Crippen molar-refractivity contribution in [1.29, 1.82) is 0 Å². The number of nitrogens with zero attached hydrogens (tertiary/aromatic N) is 2. The van der Waals surface area contributed by atoms with Gasteiger partial charge in [0.15, 0.2) is 10.9 Å². The summed E-state index contributed by atoms with van der Waals surface area (Å²) in [6.07, 6.45) is 0.236. The van der Waals surface area contributed by atoms with Gasteiger partial charge in [0.05, 0.1) is 26.0 Å². The predicted octanol–water partition coefficient (Wildman–Crippen LogP) is 4.25. The van der Waals surface area contributed by atoms with Gasteiger partial charge in [0.25, 0.3) is 0 Å². The number of rotatable bonds is 9. The quantitative estimate of drug-likeness (QED) is 0.476. The fourth-order valence-electron chi connectivity index (χ4n) is 3.63. The first kappa shape index (κ1) is 23.1. The van der Waals surface area contributed by atoms with E-state index >= 15 is 0 Å². The molecular weight excluding hydrogens is 438 g/mol. The predicted molar refractivity (Wildman–Crippen MR) is 129 cm³/mol. The molecule has 1 aliphatic heterocycles. The molecule has 1 amide bonds. The van der Waals surface area contributed by atoms with Crippen LogP contribution in [-0.4, -0.2) is 55.0 Å². The van der Waals surface area contributed by atoms with E-state index in [0.29, 0.717) is 16.4 Å². The standard InChI is InChI=1S/C25H27N3O4S/c1-31-20-9-7-18(8-10-20)21(29)11-12-23(30)26-25-27-24(19-5-3-2-4-6-19)22(33-25)17-28-13-15-32-16-14-28/h2-10H,11-17H2,1H3,(H,26,27,30). The Labute approximate surface area is 197 Å². The lowest BCUT2D eigenvalue weighted by Gasteiger charge is -2.26. The third-order valence-corrected chi connectivity index (χ3v) is 6.41. The molecule has 1 N–H and O–H groups in total. The Balaban J connectivity index is 1.41. The second kappa shape index (κ2) is 11.2. The van der Waals surface area contributed by atoms with E-state index in [1.165, 1.54) is 11.3 Å². The molecule has 33 heavy (non-hydrogen) atoms. The number of nitrogens with one attached hydrogen (secondary N) is 1. The first-order valence-corrected chi connectivity index (χ1v) is 11.8. The van der Waals surface area contributed by atoms with Crippen LogP contribution >= 0.6 is 11.3 Å². The van der Waals surface area contributed by atoms with Gasteiger partial charge < -0.3 is 14.8 Å². The number of amides is 1. The molecule has 8 heteroatoms. The molecule has 1 aromatic heterocycles. The van der Waals surface area contributed by atoms with Gasteiger partial charge in [-0.2, -0.15) is 0 Å². The van der Waals surface area contributed by atoms with Crippen molar-refractivity contribution in [3.8, 4) is 17.0 Å². The number of carbonyl (C=O) groups excluding carboxylic acids is 2. The maximum atomic E-state index is 12.6. The lowest BCUT2D eigenvalue weighted by molar-refractivity contribution is -0.116. The highest BCUT2D eigenvalue weighted by Crippen LogP contribution is 2.32. The number of ether oxygens (including phenoxy) is 2. The Morgan fingerprint density at radius 2 is 1.79 bits per heavy atom. The summed E-state index contributed by atoms with van der Waals surface area (Å²) in [7, 11) is 1.58. The summed E-state index contributed by atoms with van der Waals surface area (Å²) >= 11 is 1.49. The first-order valence-electron chi connectivity index (χ1n) is 10.9. The number of hydrogen-bond donors (Lipinski definition) is 1. The summed E-state index contributed by atoms with van der Waals surface area (Å²) in [6, 6.07) is 16.9. The Morgan fingerprint density at radius 1 is 1.06 bits per heavy atom. The number of morpholine rings is 1. The van der Waals surface area contributed by atoms with Gasteiger partial charge in [-0.3, -0.25) is 14.5 Å². The van der Waals surface area contributed by atoms with Gasteiger partial charge in [0.2, 0.25) is 5.91 Å². The van der Waals surface area contributed by atoms with E-state index in [9.17, 15) is 9.59 Å². The highest BCUT2D eigenvalue weighted by Gasteiger charge is 2.19. The number of benzene rings is 2. The van der Waals surface area contributed by atoms with E-state index in [0.717, 1.165) is 49.0 Å². The number of aromatic nitrogens is 1. The third-order valence-electron chi connectivity index (χ3n) is 5.45. The number of Topliss-reactive ketones (excluding diaryl/α,β-unsaturated/α-hetero) is 1. The van der Waals surface area contributed by atoms with Crippen LogP contribution in [0.4, 0.5) is 5.13 Å². The molecule has 0 radical (unpaired) electrons. The van der Waals surface area contributed by atoms with E-state index in [1.54, 1.807) is 31.4 Å². The van der Waals surface area contributed by atoms with Crippen molar-refractivity contribution in [2.24, 2.45) is 0 Å². The van der Waals surface area contributed by atoms with Gasteiger partial charge in [-0.05, 0) is 24.3 Å². The van der Waals surface area contributed by atoms with Crippen molar-refractivity contribution in [2.45, 2.75) is 19.4 Å². The van der Waals surface area contributed by atoms with Gasteiger partial charge in [0.1, 0.15) is 5.75 Å². The highest BCUT2D eigenvalue weighted by molar-refractivity contribution is 7.16. The maximum Gasteiger partial charge on any atom is 0.226 e. The van der Waals surface area contributed by atoms with Crippen molar-refractivity contribution in [1.82, 2.24) is 9.88 Å². The molecule has 2 heterocycles. The monoisotopic (exact) mass is 465 g/mol. The lowest BCUT2D eigenvalue weighted by atomic mass is 10.1. The highest BCUT2D eigenvalue weighted by atomic mass is 32.1. The smallest absolute Gasteiger partial charge is 0.226 e. The summed E-state index contributed by atoms with van der Waals surface area (Å²) in [5.41, 5.74) is 2.47. The fourth-order valence-corrected chi connectivity index (χ4v) is 4.67. The van der Waals surface area contributed by atoms with E-state index in [-0.39, 0.29) is 24.5 Å². The summed E-state index contributed by atoms with van der Waals surface area (Å²) in [5.74, 6) is 0.392. The zero-order valence-corrected chi connectivity index (χ0v) is 19.4. The molecule has 0 unspecified atom stereocenters. The number of ketones is 1. The number of thiazole rings is 1. The second-order valence-corrected chi connectivity index (χ2v) is 8.83. The topological polar surface area (TPSA) is 80.8 Å². The van der Waals surface area contributed by atoms with Crippen LogP contribution in [0.25, 0.3) is 11.3 Å². The molecule has 2 aromatic carbocycles. The molecule has 1 aliphatic rings. The van der Waals surface area contributed by atoms with E-state index in [2.05, 4.69) is 10.2 Å². The average Bonchev–Trinajstić information content (AvgIpc) is 3.25. The summed E-state index contributed by atoms with van der Waals surface area (Å²) < 4.78 is 10.6. The van der Waals surface area contributed by atoms with Crippen LogP contribution in [0.2, 0.25) is 0 Å². The summed E-state index contributed by atoms with van der Waals surface area (Å²) in [4.78, 5) is 33.1. The molecule has 3 aromatic rings. The van der Waals surface area contributed by atoms with Crippen molar-refractivity contribution in [3.63, 3.8) is 0 Å². The molecule has 4 rings (SSSR count). The SMILES string of the molecule is COc1ccc(C(=O)CCC(=O)Nc2nc(-c3ccccc3)c(CN3CCOCC3)s2)cc1. The van der Waals surface area contributed by atoms with Crippen molar-refractivity contribution in [2.75, 3.05) is 38.7 Å². The third kappa shape index (κ3) is 6.25.